The van der Waals surface area contributed by atoms with Gasteiger partial charge in [0, 0.05) is 11.3 Å². The highest BCUT2D eigenvalue weighted by Gasteiger charge is 2.35. The minimum atomic E-state index is -0.180. The maximum absolute atomic E-state index is 12.9. The molecule has 25 heavy (non-hydrogen) atoms. The second-order valence-electron chi connectivity index (χ2n) is 5.69. The van der Waals surface area contributed by atoms with Crippen molar-refractivity contribution in [2.45, 2.75) is 6.61 Å². The molecule has 4 rings (SSSR count). The molecule has 3 aromatic rings. The summed E-state index contributed by atoms with van der Waals surface area (Å²) in [5.41, 5.74) is 3.75. The fourth-order valence-electron chi connectivity index (χ4n) is 2.87. The molecule has 0 saturated heterocycles. The van der Waals surface area contributed by atoms with Crippen LogP contribution in [-0.4, -0.2) is 11.6 Å². The van der Waals surface area contributed by atoms with Gasteiger partial charge in [0.1, 0.15) is 6.61 Å². The molecule has 0 unspecified atom stereocenters. The normalized spacial score (nSPS) is 14.6. The van der Waals surface area contributed by atoms with E-state index in [1.165, 1.54) is 0 Å². The van der Waals surface area contributed by atoms with Crippen LogP contribution in [0.25, 0.3) is 0 Å². The van der Waals surface area contributed by atoms with E-state index in [-0.39, 0.29) is 5.91 Å². The van der Waals surface area contributed by atoms with Crippen LogP contribution in [0.5, 0.6) is 0 Å². The van der Waals surface area contributed by atoms with Crippen LogP contribution < -0.4 is 4.90 Å². The van der Waals surface area contributed by atoms with Crippen molar-refractivity contribution in [1.82, 2.24) is 0 Å². The lowest BCUT2D eigenvalue weighted by Crippen LogP contribution is -2.25. The highest BCUT2D eigenvalue weighted by molar-refractivity contribution is 6.55. The summed E-state index contributed by atoms with van der Waals surface area (Å²) in [6.07, 6.45) is 0. The predicted octanol–water partition coefficient (Wildman–Crippen LogP) is 4.29. The Morgan fingerprint density at radius 3 is 2.20 bits per heavy atom. The summed E-state index contributed by atoms with van der Waals surface area (Å²) >= 11 is 0. The van der Waals surface area contributed by atoms with Gasteiger partial charge in [0.05, 0.1) is 5.69 Å². The number of para-hydroxylation sites is 2. The quantitative estimate of drug-likeness (QED) is 0.671. The van der Waals surface area contributed by atoms with Gasteiger partial charge in [0.15, 0.2) is 5.71 Å². The average Bonchev–Trinajstić information content (AvgIpc) is 2.95. The third kappa shape index (κ3) is 2.90. The molecule has 0 spiro atoms. The Labute approximate surface area is 146 Å². The molecule has 0 N–H and O–H groups in total. The van der Waals surface area contributed by atoms with Crippen molar-refractivity contribution in [2.75, 3.05) is 4.90 Å². The largest absolute Gasteiger partial charge is 0.390 e. The third-order valence-corrected chi connectivity index (χ3v) is 4.05. The van der Waals surface area contributed by atoms with Gasteiger partial charge in [-0.25, -0.2) is 0 Å². The van der Waals surface area contributed by atoms with E-state index < -0.39 is 0 Å². The van der Waals surface area contributed by atoms with Crippen LogP contribution in [0, 0.1) is 0 Å². The van der Waals surface area contributed by atoms with Crippen LogP contribution in [0.4, 0.5) is 11.4 Å². The summed E-state index contributed by atoms with van der Waals surface area (Å²) < 4.78 is 0. The van der Waals surface area contributed by atoms with Crippen molar-refractivity contribution in [2.24, 2.45) is 5.16 Å². The number of amides is 1. The molecule has 0 atom stereocenters. The monoisotopic (exact) mass is 328 g/mol. The molecule has 0 saturated carbocycles. The van der Waals surface area contributed by atoms with Crippen molar-refractivity contribution in [3.05, 3.63) is 96.1 Å². The Balaban J connectivity index is 1.65. The molecule has 1 aliphatic rings. The van der Waals surface area contributed by atoms with Crippen LogP contribution >= 0.6 is 0 Å². The predicted molar refractivity (Wildman–Crippen MR) is 97.8 cm³/mol. The maximum atomic E-state index is 12.9. The minimum Gasteiger partial charge on any atom is -0.390 e. The Kier molecular flexibility index (Phi) is 4.01. The molecule has 0 bridgehead atoms. The molecular weight excluding hydrogens is 312 g/mol. The Bertz CT molecular complexity index is 921. The van der Waals surface area contributed by atoms with Crippen molar-refractivity contribution >= 4 is 23.0 Å². The van der Waals surface area contributed by atoms with E-state index in [9.17, 15) is 4.79 Å². The van der Waals surface area contributed by atoms with Crippen LogP contribution in [-0.2, 0) is 16.2 Å². The lowest BCUT2D eigenvalue weighted by atomic mass is 10.1. The van der Waals surface area contributed by atoms with E-state index in [2.05, 4.69) is 5.16 Å². The number of anilines is 2. The number of hydrogen-bond acceptors (Lipinski definition) is 3. The number of nitrogens with zero attached hydrogens (tertiary/aromatic N) is 2. The molecule has 4 nitrogen and oxygen atoms in total. The zero-order chi connectivity index (χ0) is 17.1. The number of carbonyl (C=O) groups is 1. The SMILES string of the molecule is O=C1/C(=N\OCc2ccccc2)c2ccccc2N1c1ccccc1. The van der Waals surface area contributed by atoms with Crippen LogP contribution in [0.1, 0.15) is 11.1 Å². The van der Waals surface area contributed by atoms with Crippen molar-refractivity contribution < 1.29 is 9.63 Å². The first kappa shape index (κ1) is 15.1. The maximum Gasteiger partial charge on any atom is 0.285 e. The van der Waals surface area contributed by atoms with Gasteiger partial charge in [-0.3, -0.25) is 9.69 Å². The van der Waals surface area contributed by atoms with Gasteiger partial charge in [-0.1, -0.05) is 71.9 Å². The van der Waals surface area contributed by atoms with Gasteiger partial charge in [-0.15, -0.1) is 0 Å². The van der Waals surface area contributed by atoms with Gasteiger partial charge >= 0.3 is 0 Å². The molecule has 0 aliphatic carbocycles. The molecule has 1 aliphatic heterocycles. The first-order chi connectivity index (χ1) is 12.3. The van der Waals surface area contributed by atoms with Crippen molar-refractivity contribution in [3.63, 3.8) is 0 Å². The van der Waals surface area contributed by atoms with Gasteiger partial charge < -0.3 is 4.84 Å². The zero-order valence-corrected chi connectivity index (χ0v) is 13.5. The van der Waals surface area contributed by atoms with Crippen molar-refractivity contribution in [3.8, 4) is 0 Å². The second-order valence-corrected chi connectivity index (χ2v) is 5.69. The molecule has 122 valence electrons. The lowest BCUT2D eigenvalue weighted by molar-refractivity contribution is -0.111. The van der Waals surface area contributed by atoms with Crippen LogP contribution in [0.2, 0.25) is 0 Å². The van der Waals surface area contributed by atoms with E-state index in [4.69, 9.17) is 4.84 Å². The average molecular weight is 328 g/mol. The smallest absolute Gasteiger partial charge is 0.285 e. The molecular formula is C21H16N2O2. The number of benzene rings is 3. The third-order valence-electron chi connectivity index (χ3n) is 4.05. The molecule has 0 aromatic heterocycles. The van der Waals surface area contributed by atoms with Gasteiger partial charge in [-0.05, 0) is 23.8 Å². The highest BCUT2D eigenvalue weighted by atomic mass is 16.6. The zero-order valence-electron chi connectivity index (χ0n) is 13.5. The summed E-state index contributed by atoms with van der Waals surface area (Å²) in [6, 6.07) is 26.9. The number of fused-ring (bicyclic) bond motifs is 1. The molecule has 1 heterocycles. The number of hydrogen-bond donors (Lipinski definition) is 0. The molecule has 4 heteroatoms. The van der Waals surface area contributed by atoms with E-state index in [0.29, 0.717) is 12.3 Å². The molecule has 0 radical (unpaired) electrons. The van der Waals surface area contributed by atoms with Gasteiger partial charge in [0.2, 0.25) is 0 Å². The van der Waals surface area contributed by atoms with Crippen LogP contribution in [0.3, 0.4) is 0 Å². The highest BCUT2D eigenvalue weighted by Crippen LogP contribution is 2.35. The molecule has 0 fully saturated rings. The van der Waals surface area contributed by atoms with E-state index in [0.717, 1.165) is 22.5 Å². The Hall–Kier alpha value is -3.40. The number of rotatable bonds is 4. The van der Waals surface area contributed by atoms with Crippen molar-refractivity contribution in [1.29, 1.82) is 0 Å². The Morgan fingerprint density at radius 1 is 0.800 bits per heavy atom. The summed E-state index contributed by atoms with van der Waals surface area (Å²) in [6.45, 7) is 0.325. The summed E-state index contributed by atoms with van der Waals surface area (Å²) in [4.78, 5) is 20.0. The first-order valence-electron chi connectivity index (χ1n) is 8.07. The number of oxime groups is 1. The van der Waals surface area contributed by atoms with E-state index >= 15 is 0 Å². The minimum absolute atomic E-state index is 0.180. The Morgan fingerprint density at radius 2 is 1.44 bits per heavy atom. The topological polar surface area (TPSA) is 41.9 Å². The fourth-order valence-corrected chi connectivity index (χ4v) is 2.87. The first-order valence-corrected chi connectivity index (χ1v) is 8.07. The van der Waals surface area contributed by atoms with Crippen LogP contribution in [0.15, 0.2) is 90.1 Å². The van der Waals surface area contributed by atoms with E-state index in [1.54, 1.807) is 4.90 Å². The molecule has 3 aromatic carbocycles. The second kappa shape index (κ2) is 6.61. The summed E-state index contributed by atoms with van der Waals surface area (Å²) in [5, 5.41) is 4.14. The number of carbonyl (C=O) groups excluding carboxylic acids is 1. The lowest BCUT2D eigenvalue weighted by Gasteiger charge is -2.16. The summed E-state index contributed by atoms with van der Waals surface area (Å²) in [5.74, 6) is -0.180. The summed E-state index contributed by atoms with van der Waals surface area (Å²) in [7, 11) is 0. The molecule has 1 amide bonds. The fraction of sp³-hybridized carbons (Fsp3) is 0.0476. The van der Waals surface area contributed by atoms with E-state index in [1.807, 2.05) is 84.9 Å². The standard InChI is InChI=1S/C21H16N2O2/c24-21-20(22-25-15-16-9-3-1-4-10-16)18-13-7-8-14-19(18)23(21)17-11-5-2-6-12-17/h1-14H,15H2/b22-20-. The van der Waals surface area contributed by atoms with Gasteiger partial charge in [-0.2, -0.15) is 0 Å². The van der Waals surface area contributed by atoms with Gasteiger partial charge in [0.25, 0.3) is 5.91 Å².